The van der Waals surface area contributed by atoms with Crippen LogP contribution >= 0.6 is 0 Å². The van der Waals surface area contributed by atoms with Gasteiger partial charge >= 0.3 is 0 Å². The second-order valence-corrected chi connectivity index (χ2v) is 6.44. The highest BCUT2D eigenvalue weighted by Gasteiger charge is 2.37. The maximum absolute atomic E-state index is 3.65. The Balaban J connectivity index is 2.10. The standard InChI is InChI=1S/C17H27N/c1-13(2)18-12-17(9-6-10-17)11-16-14(3)7-5-8-15(16)4/h5,7-8,13,18H,6,9-12H2,1-4H3. The second-order valence-electron chi connectivity index (χ2n) is 6.44. The molecule has 0 radical (unpaired) electrons. The first-order valence-corrected chi connectivity index (χ1v) is 7.31. The minimum absolute atomic E-state index is 0.529. The van der Waals surface area contributed by atoms with Gasteiger partial charge in [-0.05, 0) is 55.2 Å². The molecule has 1 heteroatoms. The maximum Gasteiger partial charge on any atom is 0.00134 e. The smallest absolute Gasteiger partial charge is 0.00134 e. The van der Waals surface area contributed by atoms with Gasteiger partial charge in [0, 0.05) is 12.6 Å². The molecule has 1 aliphatic carbocycles. The fourth-order valence-corrected chi connectivity index (χ4v) is 3.02. The summed E-state index contributed by atoms with van der Waals surface area (Å²) in [5, 5.41) is 3.65. The fourth-order valence-electron chi connectivity index (χ4n) is 3.02. The normalized spacial score (nSPS) is 17.8. The lowest BCUT2D eigenvalue weighted by Crippen LogP contribution is -2.44. The number of hydrogen-bond acceptors (Lipinski definition) is 1. The highest BCUT2D eigenvalue weighted by Crippen LogP contribution is 2.44. The van der Waals surface area contributed by atoms with E-state index in [4.69, 9.17) is 0 Å². The molecule has 1 aliphatic rings. The number of rotatable bonds is 5. The number of benzene rings is 1. The summed E-state index contributed by atoms with van der Waals surface area (Å²) in [5.41, 5.74) is 5.04. The Hall–Kier alpha value is -0.820. The summed E-state index contributed by atoms with van der Waals surface area (Å²) in [6, 6.07) is 7.28. The molecule has 1 N–H and O–H groups in total. The van der Waals surface area contributed by atoms with Crippen molar-refractivity contribution >= 4 is 0 Å². The average molecular weight is 245 g/mol. The van der Waals surface area contributed by atoms with Crippen molar-refractivity contribution in [3.05, 3.63) is 34.9 Å². The van der Waals surface area contributed by atoms with Gasteiger partial charge in [-0.1, -0.05) is 38.5 Å². The van der Waals surface area contributed by atoms with Gasteiger partial charge in [-0.25, -0.2) is 0 Å². The van der Waals surface area contributed by atoms with Crippen molar-refractivity contribution < 1.29 is 0 Å². The molecule has 0 saturated heterocycles. The zero-order valence-electron chi connectivity index (χ0n) is 12.3. The SMILES string of the molecule is Cc1cccc(C)c1CC1(CNC(C)C)CCC1. The van der Waals surface area contributed by atoms with Crippen molar-refractivity contribution in [2.24, 2.45) is 5.41 Å². The van der Waals surface area contributed by atoms with Crippen LogP contribution in [0.5, 0.6) is 0 Å². The first kappa shape index (κ1) is 13.6. The molecule has 0 aliphatic heterocycles. The molecular formula is C17H27N. The van der Waals surface area contributed by atoms with E-state index in [1.54, 1.807) is 5.56 Å². The van der Waals surface area contributed by atoms with Gasteiger partial charge < -0.3 is 5.32 Å². The second kappa shape index (κ2) is 5.44. The molecule has 100 valence electrons. The average Bonchev–Trinajstić information content (AvgIpc) is 2.25. The van der Waals surface area contributed by atoms with E-state index in [2.05, 4.69) is 51.2 Å². The summed E-state index contributed by atoms with van der Waals surface area (Å²) in [5.74, 6) is 0. The molecule has 0 bridgehead atoms. The monoisotopic (exact) mass is 245 g/mol. The van der Waals surface area contributed by atoms with Crippen molar-refractivity contribution in [3.8, 4) is 0 Å². The van der Waals surface area contributed by atoms with Gasteiger partial charge in [0.25, 0.3) is 0 Å². The third kappa shape index (κ3) is 2.95. The quantitative estimate of drug-likeness (QED) is 0.826. The van der Waals surface area contributed by atoms with Crippen LogP contribution in [0.2, 0.25) is 0 Å². The molecule has 1 nitrogen and oxygen atoms in total. The van der Waals surface area contributed by atoms with E-state index >= 15 is 0 Å². The zero-order valence-corrected chi connectivity index (χ0v) is 12.3. The predicted molar refractivity (Wildman–Crippen MR) is 79.0 cm³/mol. The van der Waals surface area contributed by atoms with Gasteiger partial charge in [0.15, 0.2) is 0 Å². The molecular weight excluding hydrogens is 218 g/mol. The van der Waals surface area contributed by atoms with Gasteiger partial charge in [0.05, 0.1) is 0 Å². The van der Waals surface area contributed by atoms with E-state index in [-0.39, 0.29) is 0 Å². The van der Waals surface area contributed by atoms with Crippen LogP contribution < -0.4 is 5.32 Å². The Bertz CT molecular complexity index is 382. The molecule has 1 aromatic carbocycles. The van der Waals surface area contributed by atoms with Crippen molar-refractivity contribution in [2.45, 2.75) is 59.4 Å². The van der Waals surface area contributed by atoms with Crippen molar-refractivity contribution in [1.82, 2.24) is 5.32 Å². The molecule has 0 amide bonds. The Kier molecular flexibility index (Phi) is 4.11. The van der Waals surface area contributed by atoms with Crippen molar-refractivity contribution in [2.75, 3.05) is 6.54 Å². The Morgan fingerprint density at radius 3 is 2.22 bits per heavy atom. The minimum Gasteiger partial charge on any atom is -0.314 e. The van der Waals surface area contributed by atoms with Gasteiger partial charge in [0.1, 0.15) is 0 Å². The van der Waals surface area contributed by atoms with Crippen LogP contribution in [0.15, 0.2) is 18.2 Å². The number of hydrogen-bond donors (Lipinski definition) is 1. The summed E-state index contributed by atoms with van der Waals surface area (Å²) in [6.07, 6.45) is 5.44. The Morgan fingerprint density at radius 2 is 1.78 bits per heavy atom. The first-order chi connectivity index (χ1) is 8.52. The summed E-state index contributed by atoms with van der Waals surface area (Å²) < 4.78 is 0. The molecule has 0 spiro atoms. The Morgan fingerprint density at radius 1 is 1.17 bits per heavy atom. The largest absolute Gasteiger partial charge is 0.314 e. The molecule has 0 heterocycles. The minimum atomic E-state index is 0.529. The van der Waals surface area contributed by atoms with Crippen molar-refractivity contribution in [3.63, 3.8) is 0 Å². The lowest BCUT2D eigenvalue weighted by atomic mass is 9.64. The maximum atomic E-state index is 3.65. The molecule has 1 fully saturated rings. The van der Waals surface area contributed by atoms with Crippen LogP contribution in [0.1, 0.15) is 49.8 Å². The highest BCUT2D eigenvalue weighted by molar-refractivity contribution is 5.34. The van der Waals surface area contributed by atoms with E-state index in [1.807, 2.05) is 0 Å². The number of aryl methyl sites for hydroxylation is 2. The van der Waals surface area contributed by atoms with E-state index in [0.717, 1.165) is 0 Å². The first-order valence-electron chi connectivity index (χ1n) is 7.31. The lowest BCUT2D eigenvalue weighted by Gasteiger charge is -2.43. The molecule has 0 atom stereocenters. The van der Waals surface area contributed by atoms with Crippen LogP contribution in [0.4, 0.5) is 0 Å². The molecule has 1 aromatic rings. The van der Waals surface area contributed by atoms with Gasteiger partial charge in [-0.2, -0.15) is 0 Å². The summed E-state index contributed by atoms with van der Waals surface area (Å²) >= 11 is 0. The van der Waals surface area contributed by atoms with E-state index < -0.39 is 0 Å². The van der Waals surface area contributed by atoms with Gasteiger partial charge in [-0.15, -0.1) is 0 Å². The van der Waals surface area contributed by atoms with Crippen LogP contribution in [0.3, 0.4) is 0 Å². The van der Waals surface area contributed by atoms with E-state index in [9.17, 15) is 0 Å². The van der Waals surface area contributed by atoms with E-state index in [0.29, 0.717) is 11.5 Å². The molecule has 18 heavy (non-hydrogen) atoms. The molecule has 1 saturated carbocycles. The van der Waals surface area contributed by atoms with E-state index in [1.165, 1.54) is 43.4 Å². The predicted octanol–water partition coefficient (Wildman–Crippen LogP) is 4.01. The molecule has 0 unspecified atom stereocenters. The summed E-state index contributed by atoms with van der Waals surface area (Å²) in [6.45, 7) is 10.2. The van der Waals surface area contributed by atoms with Crippen LogP contribution in [-0.4, -0.2) is 12.6 Å². The van der Waals surface area contributed by atoms with Crippen molar-refractivity contribution in [1.29, 1.82) is 0 Å². The van der Waals surface area contributed by atoms with Crippen LogP contribution in [0, 0.1) is 19.3 Å². The zero-order chi connectivity index (χ0) is 13.2. The van der Waals surface area contributed by atoms with Gasteiger partial charge in [0.2, 0.25) is 0 Å². The molecule has 0 aromatic heterocycles. The van der Waals surface area contributed by atoms with Gasteiger partial charge in [-0.3, -0.25) is 0 Å². The third-order valence-corrected chi connectivity index (χ3v) is 4.50. The van der Waals surface area contributed by atoms with Crippen LogP contribution in [-0.2, 0) is 6.42 Å². The lowest BCUT2D eigenvalue weighted by molar-refractivity contribution is 0.126. The van der Waals surface area contributed by atoms with Crippen LogP contribution in [0.25, 0.3) is 0 Å². The third-order valence-electron chi connectivity index (χ3n) is 4.50. The molecule has 2 rings (SSSR count). The highest BCUT2D eigenvalue weighted by atomic mass is 14.9. The number of nitrogens with one attached hydrogen (secondary N) is 1. The topological polar surface area (TPSA) is 12.0 Å². The Labute approximate surface area is 112 Å². The summed E-state index contributed by atoms with van der Waals surface area (Å²) in [4.78, 5) is 0. The fraction of sp³-hybridized carbons (Fsp3) is 0.647. The summed E-state index contributed by atoms with van der Waals surface area (Å²) in [7, 11) is 0.